The number of hydrogen-bond donors (Lipinski definition) is 1. The molecule has 0 saturated carbocycles. The highest BCUT2D eigenvalue weighted by Gasteiger charge is 2.31. The van der Waals surface area contributed by atoms with E-state index in [1.165, 1.54) is 0 Å². The van der Waals surface area contributed by atoms with Crippen molar-refractivity contribution >= 4 is 23.2 Å². The molecule has 2 amide bonds. The Hall–Kier alpha value is -3.90. The van der Waals surface area contributed by atoms with Gasteiger partial charge in [-0.3, -0.25) is 9.59 Å². The molecule has 1 unspecified atom stereocenters. The maximum absolute atomic E-state index is 13.7. The Labute approximate surface area is 216 Å². The molecule has 0 spiro atoms. The van der Waals surface area contributed by atoms with Gasteiger partial charge in [-0.15, -0.1) is 11.3 Å². The number of carbonyl (C=O) groups is 2. The van der Waals surface area contributed by atoms with Crippen LogP contribution in [0, 0.1) is 6.92 Å². The maximum atomic E-state index is 13.7. The molecule has 1 N–H and O–H groups in total. The molecular formula is C30H30N2O3S. The van der Waals surface area contributed by atoms with E-state index in [1.807, 2.05) is 103 Å². The van der Waals surface area contributed by atoms with Crippen LogP contribution in [0.2, 0.25) is 0 Å². The SMILES string of the molecule is COc1ccc(C(C(=O)NCc2ccccc2)N(Cc2ccc(C)cc2)C(=O)Cc2cccs2)cc1. The third kappa shape index (κ3) is 6.61. The highest BCUT2D eigenvalue weighted by molar-refractivity contribution is 7.10. The molecular weight excluding hydrogens is 468 g/mol. The maximum Gasteiger partial charge on any atom is 0.247 e. The first-order chi connectivity index (χ1) is 17.5. The van der Waals surface area contributed by atoms with Crippen molar-refractivity contribution in [3.05, 3.63) is 124 Å². The van der Waals surface area contributed by atoms with Crippen LogP contribution in [-0.2, 0) is 29.1 Å². The minimum Gasteiger partial charge on any atom is -0.497 e. The smallest absolute Gasteiger partial charge is 0.247 e. The number of methoxy groups -OCH3 is 1. The molecule has 1 atom stereocenters. The minimum absolute atomic E-state index is 0.103. The van der Waals surface area contributed by atoms with Crippen molar-refractivity contribution in [2.45, 2.75) is 32.5 Å². The molecule has 0 fully saturated rings. The lowest BCUT2D eigenvalue weighted by molar-refractivity contribution is -0.141. The van der Waals surface area contributed by atoms with Crippen molar-refractivity contribution in [2.24, 2.45) is 0 Å². The summed E-state index contributed by atoms with van der Waals surface area (Å²) in [5.74, 6) is 0.363. The third-order valence-electron chi connectivity index (χ3n) is 6.00. The molecule has 4 aromatic rings. The molecule has 184 valence electrons. The van der Waals surface area contributed by atoms with Gasteiger partial charge < -0.3 is 15.0 Å². The normalized spacial score (nSPS) is 11.5. The number of benzene rings is 3. The number of ether oxygens (including phenoxy) is 1. The van der Waals surface area contributed by atoms with E-state index < -0.39 is 6.04 Å². The van der Waals surface area contributed by atoms with E-state index in [-0.39, 0.29) is 18.2 Å². The topological polar surface area (TPSA) is 58.6 Å². The van der Waals surface area contributed by atoms with Crippen molar-refractivity contribution < 1.29 is 14.3 Å². The van der Waals surface area contributed by atoms with Crippen LogP contribution < -0.4 is 10.1 Å². The van der Waals surface area contributed by atoms with Crippen LogP contribution in [0.25, 0.3) is 0 Å². The quantitative estimate of drug-likeness (QED) is 0.305. The number of hydrogen-bond acceptors (Lipinski definition) is 4. The number of rotatable bonds is 10. The Morgan fingerprint density at radius 2 is 1.61 bits per heavy atom. The zero-order chi connectivity index (χ0) is 25.3. The van der Waals surface area contributed by atoms with Gasteiger partial charge in [0.05, 0.1) is 13.5 Å². The van der Waals surface area contributed by atoms with Gasteiger partial charge in [-0.05, 0) is 47.2 Å². The molecule has 4 rings (SSSR count). The molecule has 0 aliphatic rings. The summed E-state index contributed by atoms with van der Waals surface area (Å²) in [6.07, 6.45) is 0.238. The van der Waals surface area contributed by atoms with Crippen LogP contribution in [0.5, 0.6) is 5.75 Å². The number of carbonyl (C=O) groups excluding carboxylic acids is 2. The summed E-state index contributed by atoms with van der Waals surface area (Å²) in [5.41, 5.74) is 3.83. The third-order valence-corrected chi connectivity index (χ3v) is 6.88. The van der Waals surface area contributed by atoms with Crippen LogP contribution in [-0.4, -0.2) is 23.8 Å². The van der Waals surface area contributed by atoms with Gasteiger partial charge in [-0.2, -0.15) is 0 Å². The standard InChI is InChI=1S/C30H30N2O3S/c1-22-10-12-24(13-11-22)21-32(28(33)19-27-9-6-18-36-27)29(25-14-16-26(35-2)17-15-25)30(34)31-20-23-7-4-3-5-8-23/h3-18,29H,19-21H2,1-2H3,(H,31,34). The summed E-state index contributed by atoms with van der Waals surface area (Å²) < 4.78 is 5.32. The van der Waals surface area contributed by atoms with E-state index in [4.69, 9.17) is 4.74 Å². The summed E-state index contributed by atoms with van der Waals surface area (Å²) in [7, 11) is 1.60. The Morgan fingerprint density at radius 3 is 2.25 bits per heavy atom. The van der Waals surface area contributed by atoms with Crippen LogP contribution in [0.4, 0.5) is 0 Å². The van der Waals surface area contributed by atoms with Gasteiger partial charge in [-0.1, -0.05) is 78.4 Å². The summed E-state index contributed by atoms with van der Waals surface area (Å²) in [4.78, 5) is 30.1. The molecule has 0 saturated heterocycles. The minimum atomic E-state index is -0.798. The van der Waals surface area contributed by atoms with Crippen molar-refractivity contribution in [2.75, 3.05) is 7.11 Å². The average Bonchev–Trinajstić information content (AvgIpc) is 3.42. The first kappa shape index (κ1) is 25.2. The zero-order valence-corrected chi connectivity index (χ0v) is 21.3. The Morgan fingerprint density at radius 1 is 0.889 bits per heavy atom. The van der Waals surface area contributed by atoms with Gasteiger partial charge in [-0.25, -0.2) is 0 Å². The zero-order valence-electron chi connectivity index (χ0n) is 20.5. The second-order valence-electron chi connectivity index (χ2n) is 8.64. The van der Waals surface area contributed by atoms with Crippen molar-refractivity contribution in [3.63, 3.8) is 0 Å². The van der Waals surface area contributed by atoms with Crippen LogP contribution >= 0.6 is 11.3 Å². The first-order valence-corrected chi connectivity index (χ1v) is 12.7. The molecule has 1 aromatic heterocycles. The summed E-state index contributed by atoms with van der Waals surface area (Å²) >= 11 is 1.54. The number of amides is 2. The van der Waals surface area contributed by atoms with E-state index in [0.29, 0.717) is 18.8 Å². The van der Waals surface area contributed by atoms with Crippen LogP contribution in [0.1, 0.15) is 33.2 Å². The van der Waals surface area contributed by atoms with Gasteiger partial charge in [0, 0.05) is 18.0 Å². The Bertz CT molecular complexity index is 1250. The number of nitrogens with zero attached hydrogens (tertiary/aromatic N) is 1. The molecule has 0 radical (unpaired) electrons. The fraction of sp³-hybridized carbons (Fsp3) is 0.200. The molecule has 5 nitrogen and oxygen atoms in total. The van der Waals surface area contributed by atoms with Crippen LogP contribution in [0.15, 0.2) is 96.4 Å². The van der Waals surface area contributed by atoms with E-state index in [0.717, 1.165) is 27.1 Å². The fourth-order valence-corrected chi connectivity index (χ4v) is 4.71. The predicted molar refractivity (Wildman–Crippen MR) is 144 cm³/mol. The monoisotopic (exact) mass is 498 g/mol. The lowest BCUT2D eigenvalue weighted by Gasteiger charge is -2.32. The lowest BCUT2D eigenvalue weighted by Crippen LogP contribution is -2.43. The highest BCUT2D eigenvalue weighted by Crippen LogP contribution is 2.27. The molecule has 1 heterocycles. The largest absolute Gasteiger partial charge is 0.497 e. The number of nitrogens with one attached hydrogen (secondary N) is 1. The first-order valence-electron chi connectivity index (χ1n) is 11.9. The van der Waals surface area contributed by atoms with E-state index >= 15 is 0 Å². The second-order valence-corrected chi connectivity index (χ2v) is 9.67. The number of thiophene rings is 1. The van der Waals surface area contributed by atoms with Gasteiger partial charge in [0.2, 0.25) is 11.8 Å². The van der Waals surface area contributed by atoms with Crippen molar-refractivity contribution in [3.8, 4) is 5.75 Å². The average molecular weight is 499 g/mol. The van der Waals surface area contributed by atoms with Crippen molar-refractivity contribution in [1.82, 2.24) is 10.2 Å². The summed E-state index contributed by atoms with van der Waals surface area (Å²) in [6, 6.07) is 28.3. The lowest BCUT2D eigenvalue weighted by atomic mass is 10.0. The molecule has 0 bridgehead atoms. The van der Waals surface area contributed by atoms with Gasteiger partial charge in [0.15, 0.2) is 0 Å². The van der Waals surface area contributed by atoms with Gasteiger partial charge in [0.25, 0.3) is 0 Å². The van der Waals surface area contributed by atoms with Gasteiger partial charge >= 0.3 is 0 Å². The summed E-state index contributed by atoms with van der Waals surface area (Å²) in [6.45, 7) is 2.73. The molecule has 0 aliphatic carbocycles. The van der Waals surface area contributed by atoms with E-state index in [1.54, 1.807) is 23.3 Å². The van der Waals surface area contributed by atoms with E-state index in [9.17, 15) is 9.59 Å². The number of aryl methyl sites for hydroxylation is 1. The second kappa shape index (κ2) is 12.2. The van der Waals surface area contributed by atoms with Crippen LogP contribution in [0.3, 0.4) is 0 Å². The molecule has 36 heavy (non-hydrogen) atoms. The van der Waals surface area contributed by atoms with E-state index in [2.05, 4.69) is 5.32 Å². The van der Waals surface area contributed by atoms with Gasteiger partial charge in [0.1, 0.15) is 11.8 Å². The highest BCUT2D eigenvalue weighted by atomic mass is 32.1. The van der Waals surface area contributed by atoms with Crippen molar-refractivity contribution in [1.29, 1.82) is 0 Å². The molecule has 0 aliphatic heterocycles. The molecule has 6 heteroatoms. The Kier molecular flexibility index (Phi) is 8.53. The molecule has 3 aromatic carbocycles. The Balaban J connectivity index is 1.68. The summed E-state index contributed by atoms with van der Waals surface area (Å²) in [5, 5.41) is 5.01. The fourth-order valence-electron chi connectivity index (χ4n) is 4.02. The predicted octanol–water partition coefficient (Wildman–Crippen LogP) is 5.69.